The summed E-state index contributed by atoms with van der Waals surface area (Å²) in [5.74, 6) is 2.16. The summed E-state index contributed by atoms with van der Waals surface area (Å²) in [6.45, 7) is 5.19. The molecule has 1 aliphatic heterocycles. The van der Waals surface area contributed by atoms with Crippen LogP contribution in [0.25, 0.3) is 16.8 Å². The third-order valence-electron chi connectivity index (χ3n) is 6.72. The highest BCUT2D eigenvalue weighted by molar-refractivity contribution is 5.97. The van der Waals surface area contributed by atoms with E-state index in [9.17, 15) is 9.90 Å². The van der Waals surface area contributed by atoms with E-state index in [2.05, 4.69) is 21.0 Å². The highest BCUT2D eigenvalue weighted by atomic mass is 16.5. The number of nitrogens with zero attached hydrogens (tertiary/aromatic N) is 3. The molecule has 2 aromatic heterocycles. The molecule has 0 unspecified atom stereocenters. The van der Waals surface area contributed by atoms with Gasteiger partial charge in [-0.15, -0.1) is 0 Å². The summed E-state index contributed by atoms with van der Waals surface area (Å²) in [6, 6.07) is 8.18. The van der Waals surface area contributed by atoms with Crippen LogP contribution in [0.5, 0.6) is 0 Å². The lowest BCUT2D eigenvalue weighted by Gasteiger charge is -2.23. The number of amides is 1. The van der Waals surface area contributed by atoms with Gasteiger partial charge in [-0.25, -0.2) is 4.98 Å². The molecule has 3 heterocycles. The molecule has 186 valence electrons. The predicted molar refractivity (Wildman–Crippen MR) is 136 cm³/mol. The number of hydrogen-bond acceptors (Lipinski definition) is 7. The number of aliphatic hydroxyl groups excluding tert-OH is 1. The zero-order valence-electron chi connectivity index (χ0n) is 20.2. The van der Waals surface area contributed by atoms with Crippen LogP contribution < -0.4 is 16.0 Å². The van der Waals surface area contributed by atoms with E-state index in [-0.39, 0.29) is 12.5 Å². The van der Waals surface area contributed by atoms with Gasteiger partial charge in [0.15, 0.2) is 5.65 Å². The summed E-state index contributed by atoms with van der Waals surface area (Å²) in [5, 5.41) is 23.8. The van der Waals surface area contributed by atoms with Crippen molar-refractivity contribution in [1.29, 1.82) is 0 Å². The van der Waals surface area contributed by atoms with Crippen LogP contribution in [0.15, 0.2) is 30.5 Å². The fraction of sp³-hybridized carbons (Fsp3) is 0.500. The van der Waals surface area contributed by atoms with E-state index < -0.39 is 0 Å². The molecule has 35 heavy (non-hydrogen) atoms. The SMILES string of the molecule is Cc1cc(-c2cnn3c(NCC4CCOCC4)cc(NCCCO)nc23)ccc1C(=O)NC1CC1. The zero-order chi connectivity index (χ0) is 24.2. The Labute approximate surface area is 205 Å². The van der Waals surface area contributed by atoms with Crippen molar-refractivity contribution in [3.8, 4) is 11.1 Å². The summed E-state index contributed by atoms with van der Waals surface area (Å²) in [6.07, 6.45) is 6.71. The molecule has 1 amide bonds. The Morgan fingerprint density at radius 3 is 2.74 bits per heavy atom. The molecule has 1 saturated heterocycles. The number of rotatable bonds is 10. The standard InChI is InChI=1S/C26H34N6O3/c1-17-13-19(3-6-21(17)26(34)30-20-4-5-20)22-16-29-32-24(28-15-18-7-11-35-12-8-18)14-23(31-25(22)32)27-9-2-10-33/h3,6,13-14,16,18,20,28,33H,2,4-5,7-12,15H2,1H3,(H,27,31)(H,30,34). The molecule has 0 radical (unpaired) electrons. The summed E-state index contributed by atoms with van der Waals surface area (Å²) in [7, 11) is 0. The smallest absolute Gasteiger partial charge is 0.251 e. The molecular weight excluding hydrogens is 444 g/mol. The molecule has 4 N–H and O–H groups in total. The van der Waals surface area contributed by atoms with Gasteiger partial charge in [-0.2, -0.15) is 9.61 Å². The fourth-order valence-corrected chi connectivity index (χ4v) is 4.45. The molecule has 0 spiro atoms. The minimum Gasteiger partial charge on any atom is -0.396 e. The lowest BCUT2D eigenvalue weighted by atomic mass is 10.0. The largest absolute Gasteiger partial charge is 0.396 e. The first kappa shape index (κ1) is 23.6. The first-order chi connectivity index (χ1) is 17.1. The van der Waals surface area contributed by atoms with Crippen molar-refractivity contribution in [2.75, 3.05) is 43.5 Å². The topological polar surface area (TPSA) is 113 Å². The van der Waals surface area contributed by atoms with Gasteiger partial charge >= 0.3 is 0 Å². The van der Waals surface area contributed by atoms with E-state index in [1.54, 1.807) is 0 Å². The number of aryl methyl sites for hydroxylation is 1. The Hall–Kier alpha value is -3.17. The Kier molecular flexibility index (Phi) is 7.15. The van der Waals surface area contributed by atoms with Crippen molar-refractivity contribution in [1.82, 2.24) is 19.9 Å². The van der Waals surface area contributed by atoms with Crippen LogP contribution in [0.1, 0.15) is 48.0 Å². The average molecular weight is 479 g/mol. The predicted octanol–water partition coefficient (Wildman–Crippen LogP) is 3.23. The first-order valence-electron chi connectivity index (χ1n) is 12.6. The van der Waals surface area contributed by atoms with Crippen molar-refractivity contribution >= 4 is 23.2 Å². The third-order valence-corrected chi connectivity index (χ3v) is 6.72. The molecular formula is C26H34N6O3. The van der Waals surface area contributed by atoms with E-state index >= 15 is 0 Å². The van der Waals surface area contributed by atoms with Gasteiger partial charge < -0.3 is 25.8 Å². The maximum atomic E-state index is 12.6. The number of aliphatic hydroxyl groups is 1. The van der Waals surface area contributed by atoms with Gasteiger partial charge in [-0.05, 0) is 62.1 Å². The Morgan fingerprint density at radius 2 is 2.00 bits per heavy atom. The van der Waals surface area contributed by atoms with Gasteiger partial charge in [0.05, 0.1) is 6.20 Å². The van der Waals surface area contributed by atoms with Crippen molar-refractivity contribution < 1.29 is 14.6 Å². The zero-order valence-corrected chi connectivity index (χ0v) is 20.2. The van der Waals surface area contributed by atoms with Crippen LogP contribution in [0.4, 0.5) is 11.6 Å². The molecule has 3 aromatic rings. The molecule has 9 nitrogen and oxygen atoms in total. The Bertz CT molecular complexity index is 1180. The van der Waals surface area contributed by atoms with E-state index in [1.807, 2.05) is 41.9 Å². The molecule has 0 atom stereocenters. The second kappa shape index (κ2) is 10.6. The number of hydrogen-bond donors (Lipinski definition) is 4. The molecule has 0 bridgehead atoms. The minimum absolute atomic E-state index is 0.00972. The van der Waals surface area contributed by atoms with Crippen LogP contribution >= 0.6 is 0 Å². The maximum absolute atomic E-state index is 12.6. The quantitative estimate of drug-likeness (QED) is 0.331. The van der Waals surface area contributed by atoms with Gasteiger partial charge in [-0.1, -0.05) is 12.1 Å². The first-order valence-corrected chi connectivity index (χ1v) is 12.6. The van der Waals surface area contributed by atoms with Gasteiger partial charge in [-0.3, -0.25) is 4.79 Å². The lowest BCUT2D eigenvalue weighted by Crippen LogP contribution is -2.26. The number of benzene rings is 1. The number of carbonyl (C=O) groups is 1. The number of anilines is 2. The molecule has 5 rings (SSSR count). The summed E-state index contributed by atoms with van der Waals surface area (Å²) >= 11 is 0. The Morgan fingerprint density at radius 1 is 1.17 bits per heavy atom. The summed E-state index contributed by atoms with van der Waals surface area (Å²) < 4.78 is 7.33. The monoisotopic (exact) mass is 478 g/mol. The van der Waals surface area contributed by atoms with E-state index in [4.69, 9.17) is 9.72 Å². The molecule has 1 aromatic carbocycles. The lowest BCUT2D eigenvalue weighted by molar-refractivity contribution is 0.0699. The van der Waals surface area contributed by atoms with E-state index in [0.29, 0.717) is 30.5 Å². The van der Waals surface area contributed by atoms with Crippen LogP contribution in [0.2, 0.25) is 0 Å². The van der Waals surface area contributed by atoms with Crippen LogP contribution in [-0.2, 0) is 4.74 Å². The van der Waals surface area contributed by atoms with Crippen LogP contribution in [0.3, 0.4) is 0 Å². The highest BCUT2D eigenvalue weighted by Crippen LogP contribution is 2.29. The number of fused-ring (bicyclic) bond motifs is 1. The van der Waals surface area contributed by atoms with Gasteiger partial charge in [0.2, 0.25) is 0 Å². The number of ether oxygens (including phenoxy) is 1. The third kappa shape index (κ3) is 5.57. The molecule has 2 aliphatic rings. The summed E-state index contributed by atoms with van der Waals surface area (Å²) in [4.78, 5) is 17.4. The average Bonchev–Trinajstić information content (AvgIpc) is 3.58. The molecule has 2 fully saturated rings. The number of carbonyl (C=O) groups excluding carboxylic acids is 1. The second-order valence-corrected chi connectivity index (χ2v) is 9.54. The Balaban J connectivity index is 1.44. The highest BCUT2D eigenvalue weighted by Gasteiger charge is 2.24. The number of aromatic nitrogens is 3. The van der Waals surface area contributed by atoms with Crippen LogP contribution in [-0.4, -0.2) is 64.6 Å². The van der Waals surface area contributed by atoms with E-state index in [1.165, 1.54) is 0 Å². The van der Waals surface area contributed by atoms with Gasteiger partial charge in [0.1, 0.15) is 11.6 Å². The van der Waals surface area contributed by atoms with Crippen LogP contribution in [0, 0.1) is 12.8 Å². The fourth-order valence-electron chi connectivity index (χ4n) is 4.45. The normalized spacial score (nSPS) is 16.4. The van der Waals surface area contributed by atoms with Crippen molar-refractivity contribution in [2.24, 2.45) is 5.92 Å². The second-order valence-electron chi connectivity index (χ2n) is 9.54. The van der Waals surface area contributed by atoms with Crippen molar-refractivity contribution in [3.05, 3.63) is 41.6 Å². The number of nitrogens with one attached hydrogen (secondary N) is 3. The van der Waals surface area contributed by atoms with Gasteiger partial charge in [0, 0.05) is 56.1 Å². The molecule has 1 saturated carbocycles. The maximum Gasteiger partial charge on any atom is 0.251 e. The van der Waals surface area contributed by atoms with Gasteiger partial charge in [0.25, 0.3) is 5.91 Å². The van der Waals surface area contributed by atoms with Crippen molar-refractivity contribution in [3.63, 3.8) is 0 Å². The van der Waals surface area contributed by atoms with E-state index in [0.717, 1.165) is 79.4 Å². The minimum atomic E-state index is -0.00972. The molecule has 1 aliphatic carbocycles. The van der Waals surface area contributed by atoms with Crippen molar-refractivity contribution in [2.45, 2.75) is 45.1 Å². The summed E-state index contributed by atoms with van der Waals surface area (Å²) in [5.41, 5.74) is 4.24. The molecule has 9 heteroatoms.